The van der Waals surface area contributed by atoms with Gasteiger partial charge in [-0.05, 0) is 19.8 Å². The van der Waals surface area contributed by atoms with Crippen molar-refractivity contribution in [1.29, 1.82) is 0 Å². The molecule has 0 spiro atoms. The van der Waals surface area contributed by atoms with Crippen LogP contribution < -0.4 is 4.74 Å². The maximum absolute atomic E-state index is 5.02. The fourth-order valence-corrected chi connectivity index (χ4v) is 3.28. The van der Waals surface area contributed by atoms with E-state index < -0.39 is 0 Å². The van der Waals surface area contributed by atoms with Crippen LogP contribution in [-0.2, 0) is 12.8 Å². The Bertz CT molecular complexity index is 638. The molecule has 6 nitrogen and oxygen atoms in total. The van der Waals surface area contributed by atoms with Gasteiger partial charge in [0.25, 0.3) is 0 Å². The van der Waals surface area contributed by atoms with Gasteiger partial charge in [0.1, 0.15) is 5.82 Å². The highest BCUT2D eigenvalue weighted by atomic mass is 32.2. The summed E-state index contributed by atoms with van der Waals surface area (Å²) in [6.07, 6.45) is 5.60. The average Bonchev–Trinajstić information content (AvgIpc) is 2.77. The van der Waals surface area contributed by atoms with E-state index in [9.17, 15) is 0 Å². The van der Waals surface area contributed by atoms with Gasteiger partial charge in [-0.25, -0.2) is 9.97 Å². The van der Waals surface area contributed by atoms with Crippen LogP contribution in [0.1, 0.15) is 42.3 Å². The first kappa shape index (κ1) is 14.3. The van der Waals surface area contributed by atoms with E-state index in [0.717, 1.165) is 28.0 Å². The Morgan fingerprint density at radius 3 is 2.81 bits per heavy atom. The van der Waals surface area contributed by atoms with E-state index in [-0.39, 0.29) is 0 Å². The Morgan fingerprint density at radius 1 is 1.38 bits per heavy atom. The molecule has 7 heteroatoms. The lowest BCUT2D eigenvalue weighted by molar-refractivity contribution is 0.378. The molecule has 1 fully saturated rings. The molecule has 0 atom stereocenters. The van der Waals surface area contributed by atoms with Gasteiger partial charge in [-0.3, -0.25) is 0 Å². The number of aromatic nitrogens is 5. The van der Waals surface area contributed by atoms with E-state index in [0.29, 0.717) is 11.9 Å². The van der Waals surface area contributed by atoms with Crippen LogP contribution in [0.5, 0.6) is 6.01 Å². The van der Waals surface area contributed by atoms with Crippen LogP contribution >= 0.6 is 11.8 Å². The third kappa shape index (κ3) is 2.88. The van der Waals surface area contributed by atoms with Crippen molar-refractivity contribution in [2.24, 2.45) is 7.05 Å². The zero-order valence-corrected chi connectivity index (χ0v) is 13.4. The highest BCUT2D eigenvalue weighted by Crippen LogP contribution is 2.36. The van der Waals surface area contributed by atoms with Gasteiger partial charge in [0.05, 0.1) is 7.11 Å². The van der Waals surface area contributed by atoms with Crippen LogP contribution in [0.3, 0.4) is 0 Å². The third-order valence-corrected chi connectivity index (χ3v) is 5.01. The summed E-state index contributed by atoms with van der Waals surface area (Å²) in [7, 11) is 3.62. The minimum absolute atomic E-state index is 0.409. The van der Waals surface area contributed by atoms with Crippen molar-refractivity contribution in [3.8, 4) is 6.01 Å². The molecule has 2 aromatic rings. The van der Waals surface area contributed by atoms with Crippen LogP contribution in [0.25, 0.3) is 0 Å². The molecule has 2 aromatic heterocycles. The van der Waals surface area contributed by atoms with Crippen molar-refractivity contribution in [3.05, 3.63) is 23.3 Å². The van der Waals surface area contributed by atoms with Gasteiger partial charge < -0.3 is 9.30 Å². The highest BCUT2D eigenvalue weighted by molar-refractivity contribution is 7.98. The van der Waals surface area contributed by atoms with Crippen molar-refractivity contribution in [3.63, 3.8) is 0 Å². The van der Waals surface area contributed by atoms with Crippen molar-refractivity contribution < 1.29 is 4.74 Å². The molecule has 0 bridgehead atoms. The van der Waals surface area contributed by atoms with Crippen LogP contribution in [0, 0.1) is 6.92 Å². The Kier molecular flexibility index (Phi) is 4.10. The van der Waals surface area contributed by atoms with Gasteiger partial charge >= 0.3 is 6.01 Å². The lowest BCUT2D eigenvalue weighted by atomic mass is 9.85. The summed E-state index contributed by atoms with van der Waals surface area (Å²) in [6, 6.07) is 0.409. The number of rotatable bonds is 5. The normalized spacial score (nSPS) is 15.0. The van der Waals surface area contributed by atoms with Gasteiger partial charge in [0.2, 0.25) is 0 Å². The lowest BCUT2D eigenvalue weighted by Crippen LogP contribution is -2.14. The molecule has 1 aliphatic rings. The zero-order valence-electron chi connectivity index (χ0n) is 12.5. The standard InChI is InChI=1S/C14H19N5OS/c1-9-11(7-15-13(16-9)20-3)8-21-14-18-17-12(19(14)2)10-5-4-6-10/h7,10H,4-6,8H2,1-3H3. The third-order valence-electron chi connectivity index (χ3n) is 3.94. The summed E-state index contributed by atoms with van der Waals surface area (Å²) in [4.78, 5) is 8.45. The number of hydrogen-bond donors (Lipinski definition) is 0. The molecular formula is C14H19N5OS. The van der Waals surface area contributed by atoms with E-state index in [1.54, 1.807) is 18.9 Å². The molecule has 0 radical (unpaired) electrons. The average molecular weight is 305 g/mol. The molecule has 0 aromatic carbocycles. The van der Waals surface area contributed by atoms with Crippen LogP contribution in [0.2, 0.25) is 0 Å². The molecule has 1 aliphatic carbocycles. The predicted octanol–water partition coefficient (Wildman–Crippen LogP) is 2.48. The van der Waals surface area contributed by atoms with E-state index >= 15 is 0 Å². The second-order valence-electron chi connectivity index (χ2n) is 5.28. The number of thioether (sulfide) groups is 1. The number of hydrogen-bond acceptors (Lipinski definition) is 6. The molecule has 0 amide bonds. The first-order valence-corrected chi connectivity index (χ1v) is 8.06. The zero-order chi connectivity index (χ0) is 14.8. The van der Waals surface area contributed by atoms with E-state index in [1.165, 1.54) is 19.3 Å². The first-order chi connectivity index (χ1) is 10.2. The van der Waals surface area contributed by atoms with Crippen molar-refractivity contribution in [2.45, 2.75) is 43.0 Å². The Labute approximate surface area is 128 Å². The molecule has 2 heterocycles. The van der Waals surface area contributed by atoms with E-state index in [2.05, 4.69) is 24.7 Å². The number of methoxy groups -OCH3 is 1. The molecule has 1 saturated carbocycles. The molecular weight excluding hydrogens is 286 g/mol. The maximum atomic E-state index is 5.02. The highest BCUT2D eigenvalue weighted by Gasteiger charge is 2.25. The molecule has 3 rings (SSSR count). The predicted molar refractivity (Wildman–Crippen MR) is 80.5 cm³/mol. The minimum Gasteiger partial charge on any atom is -0.467 e. The summed E-state index contributed by atoms with van der Waals surface area (Å²) in [5, 5.41) is 9.60. The van der Waals surface area contributed by atoms with Gasteiger partial charge in [-0.1, -0.05) is 18.2 Å². The van der Waals surface area contributed by atoms with Gasteiger partial charge in [0, 0.05) is 36.2 Å². The molecule has 21 heavy (non-hydrogen) atoms. The topological polar surface area (TPSA) is 65.7 Å². The SMILES string of the molecule is COc1ncc(CSc2nnc(C3CCC3)n2C)c(C)n1. The Morgan fingerprint density at radius 2 is 2.19 bits per heavy atom. The fraction of sp³-hybridized carbons (Fsp3) is 0.571. The molecule has 0 unspecified atom stereocenters. The van der Waals surface area contributed by atoms with Gasteiger partial charge in [0.15, 0.2) is 5.16 Å². The first-order valence-electron chi connectivity index (χ1n) is 7.07. The lowest BCUT2D eigenvalue weighted by Gasteiger charge is -2.23. The minimum atomic E-state index is 0.409. The quantitative estimate of drug-likeness (QED) is 0.791. The number of nitrogens with zero attached hydrogens (tertiary/aromatic N) is 5. The van der Waals surface area contributed by atoms with Crippen LogP contribution in [-0.4, -0.2) is 31.8 Å². The summed E-state index contributed by atoms with van der Waals surface area (Å²) in [5.74, 6) is 2.50. The maximum Gasteiger partial charge on any atom is 0.316 e. The van der Waals surface area contributed by atoms with Crippen LogP contribution in [0.15, 0.2) is 11.4 Å². The summed E-state index contributed by atoms with van der Waals surface area (Å²) < 4.78 is 7.14. The van der Waals surface area contributed by atoms with Crippen molar-refractivity contribution in [2.75, 3.05) is 7.11 Å². The van der Waals surface area contributed by atoms with Gasteiger partial charge in [-0.15, -0.1) is 10.2 Å². The summed E-state index contributed by atoms with van der Waals surface area (Å²) in [6.45, 7) is 1.97. The fourth-order valence-electron chi connectivity index (χ4n) is 2.33. The number of ether oxygens (including phenoxy) is 1. The van der Waals surface area contributed by atoms with Crippen LogP contribution in [0.4, 0.5) is 0 Å². The molecule has 112 valence electrons. The van der Waals surface area contributed by atoms with E-state index in [4.69, 9.17) is 4.74 Å². The number of aryl methyl sites for hydroxylation is 1. The van der Waals surface area contributed by atoms with E-state index in [1.807, 2.05) is 20.2 Å². The summed E-state index contributed by atoms with van der Waals surface area (Å²) in [5.41, 5.74) is 2.03. The molecule has 0 saturated heterocycles. The van der Waals surface area contributed by atoms with Crippen molar-refractivity contribution >= 4 is 11.8 Å². The smallest absolute Gasteiger partial charge is 0.316 e. The Hall–Kier alpha value is -1.63. The largest absolute Gasteiger partial charge is 0.467 e. The second kappa shape index (κ2) is 6.01. The second-order valence-corrected chi connectivity index (χ2v) is 6.23. The molecule has 0 aliphatic heterocycles. The van der Waals surface area contributed by atoms with Crippen molar-refractivity contribution in [1.82, 2.24) is 24.7 Å². The molecule has 0 N–H and O–H groups in total. The Balaban J connectivity index is 1.69. The monoisotopic (exact) mass is 305 g/mol. The summed E-state index contributed by atoms with van der Waals surface area (Å²) >= 11 is 1.67. The van der Waals surface area contributed by atoms with Gasteiger partial charge in [-0.2, -0.15) is 0 Å².